The number of unbranched alkanes of at least 4 members (excludes halogenated alkanes) is 7. The minimum atomic E-state index is -0.00563. The smallest absolute Gasteiger partial charge is 0.245 e. The van der Waals surface area contributed by atoms with Crippen molar-refractivity contribution in [2.75, 3.05) is 39.6 Å². The summed E-state index contributed by atoms with van der Waals surface area (Å²) in [7, 11) is 0. The first-order valence-corrected chi connectivity index (χ1v) is 11.6. The molecule has 0 aromatic rings. The molecule has 6 nitrogen and oxygen atoms in total. The molecular formula is C23H45NO5. The van der Waals surface area contributed by atoms with Crippen LogP contribution in [0.1, 0.15) is 91.4 Å². The summed E-state index contributed by atoms with van der Waals surface area (Å²) in [5.74, 6) is 0.297. The Hall–Kier alpha value is -0.980. The van der Waals surface area contributed by atoms with Crippen molar-refractivity contribution in [2.24, 2.45) is 0 Å². The molecule has 1 aliphatic heterocycles. The zero-order chi connectivity index (χ0) is 21.6. The highest BCUT2D eigenvalue weighted by Gasteiger charge is 2.21. The lowest BCUT2D eigenvalue weighted by Gasteiger charge is -2.05. The maximum atomic E-state index is 11.3. The van der Waals surface area contributed by atoms with Gasteiger partial charge < -0.3 is 24.3 Å². The molecule has 6 heteroatoms. The summed E-state index contributed by atoms with van der Waals surface area (Å²) in [6.07, 6.45) is 12.6. The number of carbonyl (C=O) groups is 2. The molecule has 1 heterocycles. The van der Waals surface area contributed by atoms with Crippen LogP contribution in [0.3, 0.4) is 0 Å². The summed E-state index contributed by atoms with van der Waals surface area (Å²) in [4.78, 5) is 22.1. The molecule has 0 aromatic heterocycles. The van der Waals surface area contributed by atoms with Crippen molar-refractivity contribution in [3.8, 4) is 0 Å². The second kappa shape index (κ2) is 21.7. The fourth-order valence-corrected chi connectivity index (χ4v) is 2.67. The van der Waals surface area contributed by atoms with Gasteiger partial charge in [0, 0.05) is 26.2 Å². The minimum Gasteiger partial charge on any atom is -0.379 e. The highest BCUT2D eigenvalue weighted by molar-refractivity contribution is 5.77. The molecule has 1 rings (SSSR count). The Balaban J connectivity index is 0.000000807. The van der Waals surface area contributed by atoms with Crippen molar-refractivity contribution >= 4 is 11.7 Å². The van der Waals surface area contributed by atoms with Gasteiger partial charge in [-0.25, -0.2) is 0 Å². The topological polar surface area (TPSA) is 77.2 Å². The molecule has 0 aromatic carbocycles. The van der Waals surface area contributed by atoms with Crippen LogP contribution in [-0.4, -0.2) is 57.4 Å². The summed E-state index contributed by atoms with van der Waals surface area (Å²) in [5, 5.41) is 2.88. The van der Waals surface area contributed by atoms with Crippen molar-refractivity contribution in [1.29, 1.82) is 0 Å². The third kappa shape index (κ3) is 25.0. The average Bonchev–Trinajstić information content (AvgIpc) is 3.51. The second-order valence-electron chi connectivity index (χ2n) is 7.71. The number of nitrogens with one attached hydrogen (secondary N) is 1. The van der Waals surface area contributed by atoms with Crippen LogP contribution in [0.5, 0.6) is 0 Å². The summed E-state index contributed by atoms with van der Waals surface area (Å²) >= 11 is 0. The molecule has 0 aliphatic carbocycles. The van der Waals surface area contributed by atoms with Gasteiger partial charge in [-0.05, 0) is 32.6 Å². The zero-order valence-electron chi connectivity index (χ0n) is 19.1. The van der Waals surface area contributed by atoms with Crippen molar-refractivity contribution in [2.45, 2.75) is 97.5 Å². The lowest BCUT2D eigenvalue weighted by atomic mass is 10.1. The van der Waals surface area contributed by atoms with E-state index in [1.54, 1.807) is 6.92 Å². The molecule has 1 unspecified atom stereocenters. The Labute approximate surface area is 178 Å². The van der Waals surface area contributed by atoms with Crippen LogP contribution >= 0.6 is 0 Å². The number of ether oxygens (including phenoxy) is 3. The van der Waals surface area contributed by atoms with E-state index in [2.05, 4.69) is 12.2 Å². The Bertz CT molecular complexity index is 385. The molecule has 0 bridgehead atoms. The van der Waals surface area contributed by atoms with Crippen molar-refractivity contribution in [3.05, 3.63) is 0 Å². The van der Waals surface area contributed by atoms with Crippen molar-refractivity contribution in [3.63, 3.8) is 0 Å². The Morgan fingerprint density at radius 1 is 0.897 bits per heavy atom. The first-order valence-electron chi connectivity index (χ1n) is 11.6. The highest BCUT2D eigenvalue weighted by atomic mass is 16.6. The van der Waals surface area contributed by atoms with Crippen LogP contribution in [-0.2, 0) is 23.8 Å². The summed E-state index contributed by atoms with van der Waals surface area (Å²) in [5.41, 5.74) is 0. The molecule has 172 valence electrons. The average molecular weight is 416 g/mol. The number of Topliss-reactive ketones (excluding diaryl/α,β-unsaturated/α-hetero) is 1. The van der Waals surface area contributed by atoms with E-state index in [1.165, 1.54) is 38.5 Å². The maximum Gasteiger partial charge on any atom is 0.245 e. The van der Waals surface area contributed by atoms with Gasteiger partial charge in [-0.15, -0.1) is 0 Å². The standard InChI is InChI=1S/C17H33NO3.C6H12O2/c1-3-14-21-15-17(20)18-13-11-9-7-5-4-6-8-10-12-16(2)19;1-2-3-7-4-6-5-8-6/h3-15H2,1-2H3,(H,18,20);6H,2-5H2,1H3. The number of epoxide rings is 1. The van der Waals surface area contributed by atoms with E-state index in [0.717, 1.165) is 58.5 Å². The van der Waals surface area contributed by atoms with E-state index < -0.39 is 0 Å². The molecule has 0 radical (unpaired) electrons. The molecule has 1 saturated heterocycles. The zero-order valence-corrected chi connectivity index (χ0v) is 19.1. The number of ketones is 1. The van der Waals surface area contributed by atoms with Crippen molar-refractivity contribution < 1.29 is 23.8 Å². The first-order chi connectivity index (χ1) is 14.1. The van der Waals surface area contributed by atoms with E-state index in [4.69, 9.17) is 14.2 Å². The predicted octanol–water partition coefficient (Wildman–Crippen LogP) is 4.44. The lowest BCUT2D eigenvalue weighted by molar-refractivity contribution is -0.125. The van der Waals surface area contributed by atoms with Crippen LogP contribution in [0.2, 0.25) is 0 Å². The van der Waals surface area contributed by atoms with E-state index in [-0.39, 0.29) is 12.5 Å². The summed E-state index contributed by atoms with van der Waals surface area (Å²) in [6.45, 7) is 9.97. The molecule has 29 heavy (non-hydrogen) atoms. The molecule has 0 spiro atoms. The molecule has 1 fully saturated rings. The quantitative estimate of drug-likeness (QED) is 0.249. The Morgan fingerprint density at radius 2 is 1.45 bits per heavy atom. The monoisotopic (exact) mass is 415 g/mol. The molecule has 1 amide bonds. The molecule has 0 saturated carbocycles. The SMILES string of the molecule is CCCOCC(=O)NCCCCCCCCCCC(C)=O.CCCOCC1CO1. The van der Waals surface area contributed by atoms with Crippen LogP contribution in [0.4, 0.5) is 0 Å². The third-order valence-electron chi connectivity index (χ3n) is 4.41. The Morgan fingerprint density at radius 3 is 2.00 bits per heavy atom. The molecular weight excluding hydrogens is 370 g/mol. The van der Waals surface area contributed by atoms with Gasteiger partial charge >= 0.3 is 0 Å². The predicted molar refractivity (Wildman–Crippen MR) is 117 cm³/mol. The van der Waals surface area contributed by atoms with Crippen LogP contribution in [0, 0.1) is 0 Å². The third-order valence-corrected chi connectivity index (χ3v) is 4.41. The summed E-state index contributed by atoms with van der Waals surface area (Å²) < 4.78 is 15.3. The van der Waals surface area contributed by atoms with Gasteiger partial charge in [0.15, 0.2) is 0 Å². The largest absolute Gasteiger partial charge is 0.379 e. The number of amides is 1. The highest BCUT2D eigenvalue weighted by Crippen LogP contribution is 2.09. The Kier molecular flexibility index (Phi) is 21.0. The van der Waals surface area contributed by atoms with Gasteiger partial charge in [0.2, 0.25) is 5.91 Å². The van der Waals surface area contributed by atoms with Crippen LogP contribution in [0.25, 0.3) is 0 Å². The van der Waals surface area contributed by atoms with Crippen LogP contribution in [0.15, 0.2) is 0 Å². The van der Waals surface area contributed by atoms with Crippen LogP contribution < -0.4 is 5.32 Å². The summed E-state index contributed by atoms with van der Waals surface area (Å²) in [6, 6.07) is 0. The minimum absolute atomic E-state index is 0.00563. The van der Waals surface area contributed by atoms with Gasteiger partial charge in [0.25, 0.3) is 0 Å². The molecule has 1 aliphatic rings. The maximum absolute atomic E-state index is 11.3. The van der Waals surface area contributed by atoms with E-state index in [1.807, 2.05) is 6.92 Å². The van der Waals surface area contributed by atoms with Gasteiger partial charge in [0.1, 0.15) is 18.5 Å². The molecule has 1 N–H and O–H groups in total. The van der Waals surface area contributed by atoms with Crippen molar-refractivity contribution in [1.82, 2.24) is 5.32 Å². The molecule has 1 atom stereocenters. The van der Waals surface area contributed by atoms with E-state index in [0.29, 0.717) is 18.5 Å². The van der Waals surface area contributed by atoms with Gasteiger partial charge in [-0.2, -0.15) is 0 Å². The first kappa shape index (κ1) is 28.0. The fourth-order valence-electron chi connectivity index (χ4n) is 2.67. The van der Waals surface area contributed by atoms with E-state index >= 15 is 0 Å². The van der Waals surface area contributed by atoms with Gasteiger partial charge in [-0.1, -0.05) is 52.4 Å². The van der Waals surface area contributed by atoms with E-state index in [9.17, 15) is 9.59 Å². The number of carbonyl (C=O) groups excluding carboxylic acids is 2. The van der Waals surface area contributed by atoms with Gasteiger partial charge in [0.05, 0.1) is 13.2 Å². The number of hydrogen-bond acceptors (Lipinski definition) is 5. The lowest BCUT2D eigenvalue weighted by Crippen LogP contribution is -2.28. The van der Waals surface area contributed by atoms with Gasteiger partial charge in [-0.3, -0.25) is 4.79 Å². The fraction of sp³-hybridized carbons (Fsp3) is 0.913. The second-order valence-corrected chi connectivity index (χ2v) is 7.71. The number of hydrogen-bond donors (Lipinski definition) is 1. The normalized spacial score (nSPS) is 14.8. The number of rotatable bonds is 19.